The normalized spacial score (nSPS) is 11.1. The van der Waals surface area contributed by atoms with Crippen molar-refractivity contribution in [2.45, 2.75) is 6.54 Å². The molecule has 108 valence electrons. The molecule has 0 spiro atoms. The standard InChI is InChI=1S/C16H12ClN5/c17-13-3-1-2-11(6-13)8-22-10-20-21-16(22)12-4-5-14-15(7-12)19-9-18-14/h1-7,9-10H,8H2,(H,18,19). The third-order valence-electron chi connectivity index (χ3n) is 3.54. The summed E-state index contributed by atoms with van der Waals surface area (Å²) in [6.45, 7) is 0.671. The average molecular weight is 310 g/mol. The van der Waals surface area contributed by atoms with Gasteiger partial charge < -0.3 is 9.55 Å². The van der Waals surface area contributed by atoms with Crippen molar-refractivity contribution in [3.63, 3.8) is 0 Å². The summed E-state index contributed by atoms with van der Waals surface area (Å²) in [4.78, 5) is 7.34. The molecular weight excluding hydrogens is 298 g/mol. The number of halogens is 1. The Morgan fingerprint density at radius 1 is 1.14 bits per heavy atom. The molecule has 0 radical (unpaired) electrons. The van der Waals surface area contributed by atoms with E-state index in [-0.39, 0.29) is 0 Å². The summed E-state index contributed by atoms with van der Waals surface area (Å²) >= 11 is 6.04. The molecule has 0 aliphatic carbocycles. The molecular formula is C16H12ClN5. The van der Waals surface area contributed by atoms with Gasteiger partial charge in [-0.2, -0.15) is 0 Å². The van der Waals surface area contributed by atoms with Crippen LogP contribution in [-0.4, -0.2) is 24.7 Å². The summed E-state index contributed by atoms with van der Waals surface area (Å²) in [6.07, 6.45) is 3.42. The van der Waals surface area contributed by atoms with Crippen LogP contribution in [0.3, 0.4) is 0 Å². The number of fused-ring (bicyclic) bond motifs is 1. The maximum absolute atomic E-state index is 6.04. The number of aromatic amines is 1. The molecule has 0 aliphatic heterocycles. The second kappa shape index (κ2) is 5.27. The Hall–Kier alpha value is -2.66. The molecule has 0 fully saturated rings. The number of hydrogen-bond donors (Lipinski definition) is 1. The first-order chi connectivity index (χ1) is 10.8. The van der Waals surface area contributed by atoms with Crippen LogP contribution in [0.25, 0.3) is 22.4 Å². The maximum Gasteiger partial charge on any atom is 0.164 e. The SMILES string of the molecule is Clc1cccc(Cn2cnnc2-c2ccc3nc[nH]c3c2)c1. The lowest BCUT2D eigenvalue weighted by atomic mass is 10.1. The van der Waals surface area contributed by atoms with E-state index in [9.17, 15) is 0 Å². The Morgan fingerprint density at radius 2 is 2.09 bits per heavy atom. The highest BCUT2D eigenvalue weighted by molar-refractivity contribution is 6.30. The fourth-order valence-electron chi connectivity index (χ4n) is 2.50. The van der Waals surface area contributed by atoms with Crippen molar-refractivity contribution in [1.82, 2.24) is 24.7 Å². The first kappa shape index (κ1) is 13.0. The molecule has 4 rings (SSSR count). The molecule has 4 aromatic rings. The molecule has 6 heteroatoms. The second-order valence-corrected chi connectivity index (χ2v) is 5.48. The van der Waals surface area contributed by atoms with Gasteiger partial charge in [-0.25, -0.2) is 4.98 Å². The predicted octanol–water partition coefficient (Wildman–Crippen LogP) is 3.52. The van der Waals surface area contributed by atoms with Crippen molar-refractivity contribution < 1.29 is 0 Å². The number of benzene rings is 2. The molecule has 0 unspecified atom stereocenters. The van der Waals surface area contributed by atoms with Gasteiger partial charge in [-0.1, -0.05) is 23.7 Å². The highest BCUT2D eigenvalue weighted by Gasteiger charge is 2.09. The van der Waals surface area contributed by atoms with Crippen molar-refractivity contribution in [2.24, 2.45) is 0 Å². The Bertz CT molecular complexity index is 940. The second-order valence-electron chi connectivity index (χ2n) is 5.05. The minimum absolute atomic E-state index is 0.671. The number of imidazole rings is 1. The van der Waals surface area contributed by atoms with Crippen LogP contribution in [0.15, 0.2) is 55.1 Å². The van der Waals surface area contributed by atoms with Gasteiger partial charge in [0.05, 0.1) is 23.9 Å². The number of nitrogens with one attached hydrogen (secondary N) is 1. The van der Waals surface area contributed by atoms with E-state index in [2.05, 4.69) is 20.2 Å². The molecule has 5 nitrogen and oxygen atoms in total. The van der Waals surface area contributed by atoms with Crippen LogP contribution in [0.1, 0.15) is 5.56 Å². The molecule has 0 saturated heterocycles. The van der Waals surface area contributed by atoms with Gasteiger partial charge in [0.2, 0.25) is 0 Å². The van der Waals surface area contributed by atoms with E-state index in [4.69, 9.17) is 11.6 Å². The van der Waals surface area contributed by atoms with Crippen molar-refractivity contribution in [3.8, 4) is 11.4 Å². The third-order valence-corrected chi connectivity index (χ3v) is 3.77. The summed E-state index contributed by atoms with van der Waals surface area (Å²) < 4.78 is 2.00. The van der Waals surface area contributed by atoms with Crippen LogP contribution in [-0.2, 0) is 6.54 Å². The van der Waals surface area contributed by atoms with Gasteiger partial charge in [-0.3, -0.25) is 0 Å². The van der Waals surface area contributed by atoms with E-state index < -0.39 is 0 Å². The summed E-state index contributed by atoms with van der Waals surface area (Å²) in [5, 5.41) is 9.01. The minimum atomic E-state index is 0.671. The number of hydrogen-bond acceptors (Lipinski definition) is 3. The highest BCUT2D eigenvalue weighted by atomic mass is 35.5. The molecule has 0 amide bonds. The summed E-state index contributed by atoms with van der Waals surface area (Å²) in [6, 6.07) is 13.8. The molecule has 2 aromatic heterocycles. The number of nitrogens with zero attached hydrogens (tertiary/aromatic N) is 4. The number of H-pyrrole nitrogens is 1. The summed E-state index contributed by atoms with van der Waals surface area (Å²) in [5.41, 5.74) is 4.02. The van der Waals surface area contributed by atoms with Gasteiger partial charge in [-0.15, -0.1) is 10.2 Å². The van der Waals surface area contributed by atoms with Crippen LogP contribution in [0.5, 0.6) is 0 Å². The van der Waals surface area contributed by atoms with Gasteiger partial charge in [0, 0.05) is 10.6 Å². The quantitative estimate of drug-likeness (QED) is 0.630. The van der Waals surface area contributed by atoms with Crippen LogP contribution in [0.2, 0.25) is 5.02 Å². The first-order valence-electron chi connectivity index (χ1n) is 6.85. The van der Waals surface area contributed by atoms with Gasteiger partial charge in [0.1, 0.15) is 6.33 Å². The molecule has 0 aliphatic rings. The third kappa shape index (κ3) is 2.35. The fraction of sp³-hybridized carbons (Fsp3) is 0.0625. The van der Waals surface area contributed by atoms with Crippen LogP contribution < -0.4 is 0 Å². The van der Waals surface area contributed by atoms with Crippen LogP contribution in [0.4, 0.5) is 0 Å². The molecule has 0 bridgehead atoms. The Balaban J connectivity index is 1.72. The lowest BCUT2D eigenvalue weighted by Crippen LogP contribution is -2.01. The molecule has 0 saturated carbocycles. The van der Waals surface area contributed by atoms with Gasteiger partial charge in [-0.05, 0) is 35.9 Å². The average Bonchev–Trinajstić information content (AvgIpc) is 3.15. The van der Waals surface area contributed by atoms with Gasteiger partial charge in [0.25, 0.3) is 0 Å². The number of rotatable bonds is 3. The van der Waals surface area contributed by atoms with Gasteiger partial charge >= 0.3 is 0 Å². The lowest BCUT2D eigenvalue weighted by Gasteiger charge is -2.07. The topological polar surface area (TPSA) is 59.4 Å². The molecule has 2 aromatic carbocycles. The van der Waals surface area contributed by atoms with Gasteiger partial charge in [0.15, 0.2) is 5.82 Å². The smallest absolute Gasteiger partial charge is 0.164 e. The van der Waals surface area contributed by atoms with Crippen molar-refractivity contribution in [1.29, 1.82) is 0 Å². The fourth-order valence-corrected chi connectivity index (χ4v) is 2.71. The predicted molar refractivity (Wildman–Crippen MR) is 85.7 cm³/mol. The Labute approximate surface area is 131 Å². The summed E-state index contributed by atoms with van der Waals surface area (Å²) in [7, 11) is 0. The van der Waals surface area contributed by atoms with Crippen LogP contribution in [0, 0.1) is 0 Å². The Kier molecular flexibility index (Phi) is 3.12. The maximum atomic E-state index is 6.04. The Morgan fingerprint density at radius 3 is 3.00 bits per heavy atom. The largest absolute Gasteiger partial charge is 0.345 e. The van der Waals surface area contributed by atoms with Crippen LogP contribution >= 0.6 is 11.6 Å². The first-order valence-corrected chi connectivity index (χ1v) is 7.23. The highest BCUT2D eigenvalue weighted by Crippen LogP contribution is 2.22. The molecule has 2 heterocycles. The number of aromatic nitrogens is 5. The van der Waals surface area contributed by atoms with Crippen molar-refractivity contribution in [3.05, 3.63) is 65.7 Å². The van der Waals surface area contributed by atoms with E-state index in [0.29, 0.717) is 6.54 Å². The van der Waals surface area contributed by atoms with Crippen molar-refractivity contribution in [2.75, 3.05) is 0 Å². The monoisotopic (exact) mass is 309 g/mol. The van der Waals surface area contributed by atoms with E-state index in [1.807, 2.05) is 47.0 Å². The zero-order valence-corrected chi connectivity index (χ0v) is 12.3. The van der Waals surface area contributed by atoms with Crippen molar-refractivity contribution >= 4 is 22.6 Å². The summed E-state index contributed by atoms with van der Waals surface area (Å²) in [5.74, 6) is 0.816. The zero-order valence-electron chi connectivity index (χ0n) is 11.6. The van der Waals surface area contributed by atoms with E-state index in [1.165, 1.54) is 0 Å². The molecule has 1 N–H and O–H groups in total. The zero-order chi connectivity index (χ0) is 14.9. The van der Waals surface area contributed by atoms with E-state index in [1.54, 1.807) is 12.7 Å². The molecule has 0 atom stereocenters. The minimum Gasteiger partial charge on any atom is -0.345 e. The van der Waals surface area contributed by atoms with E-state index in [0.717, 1.165) is 33.0 Å². The lowest BCUT2D eigenvalue weighted by molar-refractivity contribution is 0.803. The molecule has 22 heavy (non-hydrogen) atoms. The van der Waals surface area contributed by atoms with E-state index >= 15 is 0 Å².